The Bertz CT molecular complexity index is 773. The number of ether oxygens (including phenoxy) is 2. The van der Waals surface area contributed by atoms with Crippen LogP contribution in [-0.2, 0) is 24.3 Å². The summed E-state index contributed by atoms with van der Waals surface area (Å²) in [4.78, 5) is 26.0. The average molecular weight is 413 g/mol. The molecule has 2 amide bonds. The molecule has 1 saturated heterocycles. The van der Waals surface area contributed by atoms with Crippen LogP contribution < -0.4 is 5.32 Å². The Labute approximate surface area is 165 Å². The number of hydrogen-bond donors (Lipinski definition) is 1. The summed E-state index contributed by atoms with van der Waals surface area (Å²) < 4.78 is 37.0. The fraction of sp³-hybridized carbons (Fsp3) is 0.556. The van der Waals surface area contributed by atoms with Gasteiger partial charge in [0, 0.05) is 46.0 Å². The van der Waals surface area contributed by atoms with Crippen LogP contribution in [0.25, 0.3) is 0 Å². The van der Waals surface area contributed by atoms with Crippen LogP contribution in [-0.4, -0.2) is 89.1 Å². The first kappa shape index (κ1) is 22.3. The molecular weight excluding hydrogens is 386 g/mol. The van der Waals surface area contributed by atoms with Crippen molar-refractivity contribution in [3.05, 3.63) is 29.8 Å². The van der Waals surface area contributed by atoms with Gasteiger partial charge in [-0.2, -0.15) is 4.31 Å². The van der Waals surface area contributed by atoms with E-state index in [-0.39, 0.29) is 43.0 Å². The van der Waals surface area contributed by atoms with E-state index >= 15 is 0 Å². The van der Waals surface area contributed by atoms with E-state index < -0.39 is 16.1 Å². The van der Waals surface area contributed by atoms with E-state index in [0.29, 0.717) is 18.7 Å². The van der Waals surface area contributed by atoms with Crippen LogP contribution in [0.2, 0.25) is 0 Å². The summed E-state index contributed by atoms with van der Waals surface area (Å²) in [5.74, 6) is -0.507. The zero-order valence-electron chi connectivity index (χ0n) is 16.4. The molecule has 1 unspecified atom stereocenters. The van der Waals surface area contributed by atoms with Crippen LogP contribution in [0.15, 0.2) is 29.2 Å². The van der Waals surface area contributed by atoms with E-state index in [9.17, 15) is 18.0 Å². The third-order valence-corrected chi connectivity index (χ3v) is 6.50. The monoisotopic (exact) mass is 413 g/mol. The van der Waals surface area contributed by atoms with Crippen molar-refractivity contribution in [2.75, 3.05) is 53.6 Å². The quantitative estimate of drug-likeness (QED) is 0.608. The molecule has 0 aromatic heterocycles. The molecule has 2 rings (SSSR count). The van der Waals surface area contributed by atoms with Gasteiger partial charge in [0.1, 0.15) is 6.04 Å². The first-order valence-corrected chi connectivity index (χ1v) is 10.4. The molecule has 1 N–H and O–H groups in total. The maximum atomic E-state index is 12.9. The lowest BCUT2D eigenvalue weighted by Crippen LogP contribution is -2.55. The van der Waals surface area contributed by atoms with Gasteiger partial charge in [0.2, 0.25) is 15.9 Å². The Morgan fingerprint density at radius 2 is 1.75 bits per heavy atom. The van der Waals surface area contributed by atoms with Crippen LogP contribution in [0.5, 0.6) is 0 Å². The van der Waals surface area contributed by atoms with Crippen molar-refractivity contribution >= 4 is 21.8 Å². The molecule has 0 saturated carbocycles. The largest absolute Gasteiger partial charge is 0.383 e. The summed E-state index contributed by atoms with van der Waals surface area (Å²) in [6.45, 7) is 3.38. The Morgan fingerprint density at radius 3 is 2.29 bits per heavy atom. The number of carbonyl (C=O) groups excluding carboxylic acids is 2. The number of carbonyl (C=O) groups is 2. The molecule has 1 aliphatic rings. The van der Waals surface area contributed by atoms with E-state index in [4.69, 9.17) is 9.47 Å². The lowest BCUT2D eigenvalue weighted by Gasteiger charge is -2.32. The molecule has 1 atom stereocenters. The van der Waals surface area contributed by atoms with Crippen molar-refractivity contribution in [2.45, 2.75) is 17.9 Å². The number of amides is 2. The molecule has 0 radical (unpaired) electrons. The smallest absolute Gasteiger partial charge is 0.254 e. The minimum atomic E-state index is -3.75. The van der Waals surface area contributed by atoms with E-state index in [1.165, 1.54) is 47.7 Å². The van der Waals surface area contributed by atoms with Crippen molar-refractivity contribution < 1.29 is 27.5 Å². The fourth-order valence-electron chi connectivity index (χ4n) is 2.88. The van der Waals surface area contributed by atoms with Crippen LogP contribution in [0.1, 0.15) is 17.3 Å². The first-order valence-electron chi connectivity index (χ1n) is 8.99. The van der Waals surface area contributed by atoms with E-state index in [0.717, 1.165) is 0 Å². The van der Waals surface area contributed by atoms with E-state index in [1.807, 2.05) is 0 Å². The SMILES string of the molecule is COCCN(CCOC)S(=O)(=O)c1ccc(C(=O)N2CCNC(=O)C2C)cc1. The molecule has 1 aromatic carbocycles. The third-order valence-electron chi connectivity index (χ3n) is 4.59. The number of piperazine rings is 1. The molecule has 156 valence electrons. The van der Waals surface area contributed by atoms with Crippen LogP contribution in [0.4, 0.5) is 0 Å². The highest BCUT2D eigenvalue weighted by atomic mass is 32.2. The molecule has 1 heterocycles. The average Bonchev–Trinajstić information content (AvgIpc) is 2.69. The molecule has 1 aromatic rings. The zero-order chi connectivity index (χ0) is 20.7. The maximum absolute atomic E-state index is 12.9. The van der Waals surface area contributed by atoms with Crippen molar-refractivity contribution in [3.63, 3.8) is 0 Å². The molecule has 10 heteroatoms. The predicted molar refractivity (Wildman–Crippen MR) is 102 cm³/mol. The van der Waals surface area contributed by atoms with Gasteiger partial charge in [-0.05, 0) is 31.2 Å². The maximum Gasteiger partial charge on any atom is 0.254 e. The number of nitrogens with zero attached hydrogens (tertiary/aromatic N) is 2. The van der Waals surface area contributed by atoms with Gasteiger partial charge >= 0.3 is 0 Å². The summed E-state index contributed by atoms with van der Waals surface area (Å²) in [6, 6.07) is 5.19. The Morgan fingerprint density at radius 1 is 1.18 bits per heavy atom. The van der Waals surface area contributed by atoms with Crippen molar-refractivity contribution in [3.8, 4) is 0 Å². The molecule has 28 heavy (non-hydrogen) atoms. The van der Waals surface area contributed by atoms with Gasteiger partial charge in [-0.25, -0.2) is 8.42 Å². The molecule has 0 aliphatic carbocycles. The molecule has 1 aliphatic heterocycles. The summed E-state index contributed by atoms with van der Waals surface area (Å²) in [5, 5.41) is 2.70. The van der Waals surface area contributed by atoms with E-state index in [1.54, 1.807) is 6.92 Å². The van der Waals surface area contributed by atoms with E-state index in [2.05, 4.69) is 5.32 Å². The Balaban J connectivity index is 2.19. The minimum Gasteiger partial charge on any atom is -0.383 e. The van der Waals surface area contributed by atoms with Gasteiger partial charge in [-0.15, -0.1) is 0 Å². The van der Waals surface area contributed by atoms with Gasteiger partial charge in [-0.3, -0.25) is 9.59 Å². The third kappa shape index (κ3) is 5.07. The highest BCUT2D eigenvalue weighted by Crippen LogP contribution is 2.18. The predicted octanol–water partition coefficient (Wildman–Crippen LogP) is -0.0694. The number of benzene rings is 1. The second kappa shape index (κ2) is 9.97. The van der Waals surface area contributed by atoms with Crippen molar-refractivity contribution in [1.82, 2.24) is 14.5 Å². The van der Waals surface area contributed by atoms with Crippen LogP contribution in [0.3, 0.4) is 0 Å². The second-order valence-corrected chi connectivity index (χ2v) is 8.32. The highest BCUT2D eigenvalue weighted by Gasteiger charge is 2.30. The topological polar surface area (TPSA) is 105 Å². The number of hydrogen-bond acceptors (Lipinski definition) is 6. The lowest BCUT2D eigenvalue weighted by molar-refractivity contribution is -0.127. The number of nitrogens with one attached hydrogen (secondary N) is 1. The second-order valence-electron chi connectivity index (χ2n) is 6.38. The summed E-state index contributed by atoms with van der Waals surface area (Å²) in [6.07, 6.45) is 0. The first-order chi connectivity index (χ1) is 13.3. The van der Waals surface area contributed by atoms with Gasteiger partial charge in [0.25, 0.3) is 5.91 Å². The Kier molecular flexibility index (Phi) is 7.93. The van der Waals surface area contributed by atoms with Gasteiger partial charge < -0.3 is 19.7 Å². The minimum absolute atomic E-state index is 0.0840. The highest BCUT2D eigenvalue weighted by molar-refractivity contribution is 7.89. The number of rotatable bonds is 9. The zero-order valence-corrected chi connectivity index (χ0v) is 17.2. The van der Waals surface area contributed by atoms with Gasteiger partial charge in [0.15, 0.2) is 0 Å². The normalized spacial score (nSPS) is 17.6. The van der Waals surface area contributed by atoms with Crippen LogP contribution >= 0.6 is 0 Å². The Hall–Kier alpha value is -2.01. The number of methoxy groups -OCH3 is 2. The van der Waals surface area contributed by atoms with Crippen LogP contribution in [0, 0.1) is 0 Å². The van der Waals surface area contributed by atoms with Crippen molar-refractivity contribution in [1.29, 1.82) is 0 Å². The van der Waals surface area contributed by atoms with Gasteiger partial charge in [-0.1, -0.05) is 0 Å². The fourth-order valence-corrected chi connectivity index (χ4v) is 4.29. The molecular formula is C18H27N3O6S. The summed E-state index contributed by atoms with van der Waals surface area (Å²) in [7, 11) is -0.741. The molecule has 1 fully saturated rings. The lowest BCUT2D eigenvalue weighted by atomic mass is 10.1. The summed E-state index contributed by atoms with van der Waals surface area (Å²) in [5.41, 5.74) is 0.334. The van der Waals surface area contributed by atoms with Crippen molar-refractivity contribution in [2.24, 2.45) is 0 Å². The molecule has 0 bridgehead atoms. The molecule has 9 nitrogen and oxygen atoms in total. The number of sulfonamides is 1. The van der Waals surface area contributed by atoms with Gasteiger partial charge in [0.05, 0.1) is 18.1 Å². The summed E-state index contributed by atoms with van der Waals surface area (Å²) >= 11 is 0. The standard InChI is InChI=1S/C18H27N3O6S/c1-14-17(22)19-8-9-21(14)18(23)15-4-6-16(7-5-15)28(24,25)20(10-12-26-2)11-13-27-3/h4-7,14H,8-13H2,1-3H3,(H,19,22). The molecule has 0 spiro atoms.